The maximum Gasteiger partial charge on any atom is 0.270 e. The van der Waals surface area contributed by atoms with Crippen LogP contribution in [0.4, 0.5) is 0 Å². The van der Waals surface area contributed by atoms with Crippen molar-refractivity contribution in [2.24, 2.45) is 7.05 Å². The van der Waals surface area contributed by atoms with Gasteiger partial charge in [-0.05, 0) is 18.2 Å². The van der Waals surface area contributed by atoms with Gasteiger partial charge < -0.3 is 9.47 Å². The number of benzene rings is 1. The Morgan fingerprint density at radius 2 is 2.00 bits per heavy atom. The van der Waals surface area contributed by atoms with Crippen LogP contribution < -0.4 is 0 Å². The first-order valence-corrected chi connectivity index (χ1v) is 7.82. The van der Waals surface area contributed by atoms with Crippen molar-refractivity contribution in [2.45, 2.75) is 0 Å². The number of carbonyl (C=O) groups is 1. The van der Waals surface area contributed by atoms with Crippen molar-refractivity contribution in [1.29, 1.82) is 0 Å². The van der Waals surface area contributed by atoms with Crippen LogP contribution in [0.2, 0.25) is 5.02 Å². The number of halogens is 1. The largest absolute Gasteiger partial charge is 0.340 e. The summed E-state index contributed by atoms with van der Waals surface area (Å²) in [5.74, 6) is 2.18. The number of thioether (sulfide) groups is 1. The zero-order chi connectivity index (χ0) is 13.4. The normalized spacial score (nSPS) is 16.0. The van der Waals surface area contributed by atoms with Gasteiger partial charge >= 0.3 is 0 Å². The van der Waals surface area contributed by atoms with Crippen molar-refractivity contribution in [1.82, 2.24) is 9.47 Å². The highest BCUT2D eigenvalue weighted by molar-refractivity contribution is 7.99. The molecule has 100 valence electrons. The number of aryl methyl sites for hydroxylation is 1. The van der Waals surface area contributed by atoms with Crippen LogP contribution in [0.15, 0.2) is 24.3 Å². The number of hydrogen-bond acceptors (Lipinski definition) is 2. The lowest BCUT2D eigenvalue weighted by atomic mass is 10.2. The van der Waals surface area contributed by atoms with Gasteiger partial charge in [-0.2, -0.15) is 11.8 Å². The highest BCUT2D eigenvalue weighted by atomic mass is 35.5. The van der Waals surface area contributed by atoms with Gasteiger partial charge in [0.15, 0.2) is 0 Å². The second-order valence-corrected chi connectivity index (χ2v) is 6.36. The van der Waals surface area contributed by atoms with Crippen molar-refractivity contribution in [2.75, 3.05) is 24.6 Å². The van der Waals surface area contributed by atoms with Gasteiger partial charge in [-0.1, -0.05) is 17.7 Å². The fraction of sp³-hybridized carbons (Fsp3) is 0.357. The summed E-state index contributed by atoms with van der Waals surface area (Å²) in [5, 5.41) is 1.75. The third-order valence-corrected chi connectivity index (χ3v) is 4.70. The molecular formula is C14H15ClN2OS. The van der Waals surface area contributed by atoms with Gasteiger partial charge in [-0.25, -0.2) is 0 Å². The zero-order valence-electron chi connectivity index (χ0n) is 10.7. The Bertz CT molecular complexity index is 632. The van der Waals surface area contributed by atoms with Gasteiger partial charge in [-0.3, -0.25) is 4.79 Å². The zero-order valence-corrected chi connectivity index (χ0v) is 12.3. The molecule has 2 heterocycles. The SMILES string of the molecule is Cn1c(C(=O)N2CCSCC2)cc2ccc(Cl)cc21. The van der Waals surface area contributed by atoms with E-state index in [9.17, 15) is 4.79 Å². The average molecular weight is 295 g/mol. The molecule has 1 aromatic heterocycles. The van der Waals surface area contributed by atoms with Crippen LogP contribution >= 0.6 is 23.4 Å². The maximum absolute atomic E-state index is 12.5. The molecule has 0 bridgehead atoms. The molecule has 0 atom stereocenters. The van der Waals surface area contributed by atoms with Crippen LogP contribution in [0, 0.1) is 0 Å². The summed E-state index contributed by atoms with van der Waals surface area (Å²) in [7, 11) is 1.92. The summed E-state index contributed by atoms with van der Waals surface area (Å²) in [4.78, 5) is 14.5. The predicted molar refractivity (Wildman–Crippen MR) is 81.2 cm³/mol. The summed E-state index contributed by atoms with van der Waals surface area (Å²) in [6, 6.07) is 7.67. The fourth-order valence-corrected chi connectivity index (χ4v) is 3.51. The van der Waals surface area contributed by atoms with Gasteiger partial charge in [-0.15, -0.1) is 0 Å². The van der Waals surface area contributed by atoms with E-state index < -0.39 is 0 Å². The lowest BCUT2D eigenvalue weighted by Gasteiger charge is -2.26. The Labute approximate surface area is 121 Å². The lowest BCUT2D eigenvalue weighted by molar-refractivity contribution is 0.0763. The van der Waals surface area contributed by atoms with E-state index in [0.29, 0.717) is 5.02 Å². The number of nitrogens with zero attached hydrogens (tertiary/aromatic N) is 2. The molecule has 1 fully saturated rings. The molecule has 0 N–H and O–H groups in total. The minimum atomic E-state index is 0.120. The summed E-state index contributed by atoms with van der Waals surface area (Å²) in [6.07, 6.45) is 0. The molecule has 0 saturated carbocycles. The third kappa shape index (κ3) is 2.35. The molecule has 1 aromatic carbocycles. The van der Waals surface area contributed by atoms with E-state index in [-0.39, 0.29) is 5.91 Å². The van der Waals surface area contributed by atoms with E-state index in [1.807, 2.05) is 52.5 Å². The molecule has 3 rings (SSSR count). The first kappa shape index (κ1) is 12.9. The molecule has 1 amide bonds. The van der Waals surface area contributed by atoms with Gasteiger partial charge in [0, 0.05) is 47.6 Å². The Morgan fingerprint density at radius 3 is 2.74 bits per heavy atom. The van der Waals surface area contributed by atoms with E-state index >= 15 is 0 Å². The van der Waals surface area contributed by atoms with E-state index in [1.165, 1.54) is 0 Å². The summed E-state index contributed by atoms with van der Waals surface area (Å²) in [6.45, 7) is 1.68. The molecule has 0 unspecified atom stereocenters. The minimum absolute atomic E-state index is 0.120. The van der Waals surface area contributed by atoms with Crippen LogP contribution in [0.25, 0.3) is 10.9 Å². The Kier molecular flexibility index (Phi) is 3.46. The Hall–Kier alpha value is -1.13. The van der Waals surface area contributed by atoms with Crippen molar-refractivity contribution in [3.8, 4) is 0 Å². The molecule has 1 aliphatic heterocycles. The smallest absolute Gasteiger partial charge is 0.270 e. The first-order valence-electron chi connectivity index (χ1n) is 6.29. The van der Waals surface area contributed by atoms with Crippen LogP contribution in [0.3, 0.4) is 0 Å². The highest BCUT2D eigenvalue weighted by Crippen LogP contribution is 2.24. The van der Waals surface area contributed by atoms with E-state index in [2.05, 4.69) is 0 Å². The fourth-order valence-electron chi connectivity index (χ4n) is 2.44. The monoisotopic (exact) mass is 294 g/mol. The molecule has 1 saturated heterocycles. The molecule has 19 heavy (non-hydrogen) atoms. The predicted octanol–water partition coefficient (Wildman–Crippen LogP) is 3.02. The molecule has 2 aromatic rings. The standard InChI is InChI=1S/C14H15ClN2OS/c1-16-12-9-11(15)3-2-10(12)8-13(16)14(18)17-4-6-19-7-5-17/h2-3,8-9H,4-7H2,1H3. The van der Waals surface area contributed by atoms with Crippen LogP contribution in [-0.2, 0) is 7.05 Å². The number of amides is 1. The number of hydrogen-bond donors (Lipinski definition) is 0. The van der Waals surface area contributed by atoms with Crippen molar-refractivity contribution in [3.05, 3.63) is 35.0 Å². The highest BCUT2D eigenvalue weighted by Gasteiger charge is 2.21. The number of aromatic nitrogens is 1. The van der Waals surface area contributed by atoms with Crippen molar-refractivity contribution in [3.63, 3.8) is 0 Å². The third-order valence-electron chi connectivity index (χ3n) is 3.52. The second kappa shape index (κ2) is 5.10. The van der Waals surface area contributed by atoms with Gasteiger partial charge in [0.05, 0.1) is 0 Å². The van der Waals surface area contributed by atoms with Crippen molar-refractivity contribution >= 4 is 40.2 Å². The van der Waals surface area contributed by atoms with Crippen LogP contribution in [-0.4, -0.2) is 40.0 Å². The quantitative estimate of drug-likeness (QED) is 0.808. The molecule has 0 aliphatic carbocycles. The number of rotatable bonds is 1. The van der Waals surface area contributed by atoms with Gasteiger partial charge in [0.25, 0.3) is 5.91 Å². The Balaban J connectivity index is 2.00. The number of fused-ring (bicyclic) bond motifs is 1. The summed E-state index contributed by atoms with van der Waals surface area (Å²) < 4.78 is 1.94. The van der Waals surface area contributed by atoms with Crippen LogP contribution in [0.1, 0.15) is 10.5 Å². The molecule has 0 radical (unpaired) electrons. The number of carbonyl (C=O) groups excluding carboxylic acids is 1. The van der Waals surface area contributed by atoms with E-state index in [0.717, 1.165) is 41.2 Å². The minimum Gasteiger partial charge on any atom is -0.340 e. The van der Waals surface area contributed by atoms with Crippen LogP contribution in [0.5, 0.6) is 0 Å². The summed E-state index contributed by atoms with van der Waals surface area (Å²) >= 11 is 7.92. The average Bonchev–Trinajstić information content (AvgIpc) is 2.76. The van der Waals surface area contributed by atoms with Gasteiger partial charge in [0.1, 0.15) is 5.69 Å². The maximum atomic E-state index is 12.5. The second-order valence-electron chi connectivity index (χ2n) is 4.70. The first-order chi connectivity index (χ1) is 9.16. The molecule has 5 heteroatoms. The van der Waals surface area contributed by atoms with Crippen molar-refractivity contribution < 1.29 is 4.79 Å². The molecule has 0 spiro atoms. The molecular weight excluding hydrogens is 280 g/mol. The summed E-state index contributed by atoms with van der Waals surface area (Å²) in [5.41, 5.74) is 1.74. The topological polar surface area (TPSA) is 25.2 Å². The Morgan fingerprint density at radius 1 is 1.26 bits per heavy atom. The van der Waals surface area contributed by atoms with Gasteiger partial charge in [0.2, 0.25) is 0 Å². The molecule has 3 nitrogen and oxygen atoms in total. The van der Waals surface area contributed by atoms with E-state index in [1.54, 1.807) is 0 Å². The van der Waals surface area contributed by atoms with E-state index in [4.69, 9.17) is 11.6 Å². The molecule has 1 aliphatic rings. The lowest BCUT2D eigenvalue weighted by Crippen LogP contribution is -2.38.